The van der Waals surface area contributed by atoms with E-state index in [-0.39, 0.29) is 36.3 Å². The first kappa shape index (κ1) is 23.1. The molecule has 0 amide bonds. The number of aryl methyl sites for hydroxylation is 1. The van der Waals surface area contributed by atoms with Crippen LogP contribution in [-0.4, -0.2) is 35.2 Å². The van der Waals surface area contributed by atoms with Crippen molar-refractivity contribution in [1.82, 2.24) is 20.4 Å². The summed E-state index contributed by atoms with van der Waals surface area (Å²) >= 11 is 0. The molecule has 2 aromatic rings. The van der Waals surface area contributed by atoms with Crippen LogP contribution in [0.1, 0.15) is 18.9 Å². The highest BCUT2D eigenvalue weighted by Crippen LogP contribution is 2.26. The Morgan fingerprint density at radius 1 is 1.22 bits per heavy atom. The summed E-state index contributed by atoms with van der Waals surface area (Å²) in [6.45, 7) is 4.06. The van der Waals surface area contributed by atoms with Crippen LogP contribution in [0.15, 0.2) is 47.7 Å². The second-order valence-electron chi connectivity index (χ2n) is 5.40. The molecule has 1 heterocycles. The third kappa shape index (κ3) is 8.98. The molecular formula is C17H23F3IN5O. The van der Waals surface area contributed by atoms with E-state index < -0.39 is 6.36 Å². The van der Waals surface area contributed by atoms with Gasteiger partial charge in [-0.25, -0.2) is 4.99 Å². The zero-order valence-electron chi connectivity index (χ0n) is 14.9. The van der Waals surface area contributed by atoms with Crippen LogP contribution in [0.3, 0.4) is 0 Å². The molecule has 0 aliphatic carbocycles. The molecule has 0 atom stereocenters. The molecule has 2 N–H and O–H groups in total. The van der Waals surface area contributed by atoms with Gasteiger partial charge >= 0.3 is 6.36 Å². The molecule has 6 nitrogen and oxygen atoms in total. The van der Waals surface area contributed by atoms with Crippen LogP contribution in [0, 0.1) is 0 Å². The van der Waals surface area contributed by atoms with E-state index in [0.29, 0.717) is 24.6 Å². The second kappa shape index (κ2) is 11.7. The summed E-state index contributed by atoms with van der Waals surface area (Å²) < 4.78 is 43.3. The van der Waals surface area contributed by atoms with Crippen molar-refractivity contribution in [1.29, 1.82) is 0 Å². The third-order valence-corrected chi connectivity index (χ3v) is 3.37. The normalized spacial score (nSPS) is 11.6. The van der Waals surface area contributed by atoms with Gasteiger partial charge in [0.1, 0.15) is 5.75 Å². The van der Waals surface area contributed by atoms with Crippen LogP contribution in [0.4, 0.5) is 13.2 Å². The van der Waals surface area contributed by atoms with Crippen molar-refractivity contribution in [3.8, 4) is 5.75 Å². The first-order chi connectivity index (χ1) is 12.5. The van der Waals surface area contributed by atoms with Gasteiger partial charge in [-0.15, -0.1) is 37.1 Å². The van der Waals surface area contributed by atoms with E-state index in [9.17, 15) is 13.2 Å². The number of alkyl halides is 3. The lowest BCUT2D eigenvalue weighted by molar-refractivity contribution is -0.274. The summed E-state index contributed by atoms with van der Waals surface area (Å²) in [6, 6.07) is 7.85. The SMILES string of the molecule is CCNC(=NCc1ccccc1OC(F)(F)F)NCCCn1cccn1.I. The van der Waals surface area contributed by atoms with E-state index in [4.69, 9.17) is 0 Å². The van der Waals surface area contributed by atoms with Gasteiger partial charge in [0, 0.05) is 37.6 Å². The van der Waals surface area contributed by atoms with E-state index in [1.54, 1.807) is 18.3 Å². The molecule has 0 bridgehead atoms. The lowest BCUT2D eigenvalue weighted by Gasteiger charge is -2.14. The van der Waals surface area contributed by atoms with Crippen LogP contribution < -0.4 is 15.4 Å². The van der Waals surface area contributed by atoms with Crippen molar-refractivity contribution in [2.45, 2.75) is 32.8 Å². The lowest BCUT2D eigenvalue weighted by Crippen LogP contribution is -2.38. The molecule has 0 aliphatic rings. The van der Waals surface area contributed by atoms with Crippen molar-refractivity contribution < 1.29 is 17.9 Å². The predicted octanol–water partition coefficient (Wildman–Crippen LogP) is 3.55. The second-order valence-corrected chi connectivity index (χ2v) is 5.40. The van der Waals surface area contributed by atoms with E-state index in [1.807, 2.05) is 23.9 Å². The quantitative estimate of drug-likeness (QED) is 0.254. The summed E-state index contributed by atoms with van der Waals surface area (Å²) in [5.41, 5.74) is 0.360. The number of benzene rings is 1. The molecule has 10 heteroatoms. The predicted molar refractivity (Wildman–Crippen MR) is 108 cm³/mol. The number of ether oxygens (including phenoxy) is 1. The largest absolute Gasteiger partial charge is 0.573 e. The Morgan fingerprint density at radius 2 is 2.00 bits per heavy atom. The molecule has 0 fully saturated rings. The average Bonchev–Trinajstić information content (AvgIpc) is 3.09. The van der Waals surface area contributed by atoms with Gasteiger partial charge in [-0.1, -0.05) is 18.2 Å². The Labute approximate surface area is 173 Å². The van der Waals surface area contributed by atoms with Crippen molar-refractivity contribution >= 4 is 29.9 Å². The Hall–Kier alpha value is -1.98. The topological polar surface area (TPSA) is 63.5 Å². The van der Waals surface area contributed by atoms with Gasteiger partial charge < -0.3 is 15.4 Å². The minimum absolute atomic E-state index is 0. The van der Waals surface area contributed by atoms with Gasteiger partial charge in [-0.05, 0) is 25.5 Å². The van der Waals surface area contributed by atoms with Crippen molar-refractivity contribution in [2.24, 2.45) is 4.99 Å². The lowest BCUT2D eigenvalue weighted by atomic mass is 10.2. The number of aromatic nitrogens is 2. The molecule has 1 aromatic carbocycles. The Balaban J connectivity index is 0.00000364. The van der Waals surface area contributed by atoms with Gasteiger partial charge in [0.25, 0.3) is 0 Å². The third-order valence-electron chi connectivity index (χ3n) is 3.37. The maximum Gasteiger partial charge on any atom is 0.573 e. The highest BCUT2D eigenvalue weighted by Gasteiger charge is 2.31. The molecule has 0 saturated heterocycles. The molecule has 0 radical (unpaired) electrons. The van der Waals surface area contributed by atoms with Gasteiger partial charge in [0.15, 0.2) is 5.96 Å². The van der Waals surface area contributed by atoms with Crippen molar-refractivity contribution in [3.63, 3.8) is 0 Å². The summed E-state index contributed by atoms with van der Waals surface area (Å²) in [5.74, 6) is 0.299. The fraction of sp³-hybridized carbons (Fsp3) is 0.412. The first-order valence-corrected chi connectivity index (χ1v) is 8.31. The van der Waals surface area contributed by atoms with Crippen LogP contribution >= 0.6 is 24.0 Å². The van der Waals surface area contributed by atoms with Gasteiger partial charge in [-0.2, -0.15) is 5.10 Å². The maximum absolute atomic E-state index is 12.5. The number of aliphatic imine (C=N–C) groups is 1. The van der Waals surface area contributed by atoms with Crippen molar-refractivity contribution in [2.75, 3.05) is 13.1 Å². The fourth-order valence-corrected chi connectivity index (χ4v) is 2.25. The number of guanidine groups is 1. The number of para-hydroxylation sites is 1. The number of rotatable bonds is 8. The number of nitrogens with one attached hydrogen (secondary N) is 2. The zero-order chi connectivity index (χ0) is 18.8. The van der Waals surface area contributed by atoms with Crippen LogP contribution in [0.5, 0.6) is 5.75 Å². The molecule has 2 rings (SSSR count). The van der Waals surface area contributed by atoms with E-state index >= 15 is 0 Å². The highest BCUT2D eigenvalue weighted by atomic mass is 127. The van der Waals surface area contributed by atoms with E-state index in [0.717, 1.165) is 13.0 Å². The summed E-state index contributed by atoms with van der Waals surface area (Å²) in [7, 11) is 0. The summed E-state index contributed by atoms with van der Waals surface area (Å²) in [4.78, 5) is 4.33. The standard InChI is InChI=1S/C17H22F3N5O.HI/c1-2-21-16(22-9-5-11-25-12-6-10-24-25)23-13-14-7-3-4-8-15(14)26-17(18,19)20;/h3-4,6-8,10,12H,2,5,9,11,13H2,1H3,(H2,21,22,23);1H. The Morgan fingerprint density at radius 3 is 2.67 bits per heavy atom. The van der Waals surface area contributed by atoms with Crippen LogP contribution in [0.25, 0.3) is 0 Å². The number of hydrogen-bond acceptors (Lipinski definition) is 3. The molecule has 0 saturated carbocycles. The molecule has 1 aromatic heterocycles. The molecule has 27 heavy (non-hydrogen) atoms. The summed E-state index contributed by atoms with van der Waals surface area (Å²) in [5, 5.41) is 10.3. The van der Waals surface area contributed by atoms with Crippen molar-refractivity contribution in [3.05, 3.63) is 48.3 Å². The first-order valence-electron chi connectivity index (χ1n) is 8.31. The fourth-order valence-electron chi connectivity index (χ4n) is 2.25. The minimum Gasteiger partial charge on any atom is -0.405 e. The average molecular weight is 497 g/mol. The molecule has 0 unspecified atom stereocenters. The van der Waals surface area contributed by atoms with E-state index in [2.05, 4.69) is 25.5 Å². The van der Waals surface area contributed by atoms with E-state index in [1.165, 1.54) is 12.1 Å². The number of hydrogen-bond donors (Lipinski definition) is 2. The molecular weight excluding hydrogens is 474 g/mol. The molecule has 0 spiro atoms. The van der Waals surface area contributed by atoms with Gasteiger partial charge in [0.2, 0.25) is 0 Å². The number of halogens is 4. The van der Waals surface area contributed by atoms with Crippen LogP contribution in [0.2, 0.25) is 0 Å². The van der Waals surface area contributed by atoms with Gasteiger partial charge in [-0.3, -0.25) is 4.68 Å². The summed E-state index contributed by atoms with van der Waals surface area (Å²) in [6.07, 6.45) is -0.286. The zero-order valence-corrected chi connectivity index (χ0v) is 17.2. The van der Waals surface area contributed by atoms with Gasteiger partial charge in [0.05, 0.1) is 6.54 Å². The Bertz CT molecular complexity index is 692. The maximum atomic E-state index is 12.5. The Kier molecular flexibility index (Phi) is 9.97. The monoisotopic (exact) mass is 497 g/mol. The smallest absolute Gasteiger partial charge is 0.405 e. The molecule has 150 valence electrons. The minimum atomic E-state index is -4.73. The van der Waals surface area contributed by atoms with Crippen LogP contribution in [-0.2, 0) is 13.1 Å². The number of nitrogens with zero attached hydrogens (tertiary/aromatic N) is 3. The molecule has 0 aliphatic heterocycles. The highest BCUT2D eigenvalue weighted by molar-refractivity contribution is 14.0.